The Hall–Kier alpha value is -3.35. The number of para-hydroxylation sites is 1. The maximum atomic E-state index is 13.6. The van der Waals surface area contributed by atoms with Gasteiger partial charge in [0.2, 0.25) is 5.91 Å². The summed E-state index contributed by atoms with van der Waals surface area (Å²) in [5, 5.41) is 2.16. The minimum atomic E-state index is -0.931. The molecule has 162 valence electrons. The number of anilines is 2. The third-order valence-electron chi connectivity index (χ3n) is 5.98. The second-order valence-corrected chi connectivity index (χ2v) is 8.29. The maximum Gasteiger partial charge on any atom is 0.266 e. The summed E-state index contributed by atoms with van der Waals surface area (Å²) in [6, 6.07) is 21.6. The smallest absolute Gasteiger partial charge is 0.266 e. The van der Waals surface area contributed by atoms with Crippen molar-refractivity contribution in [3.05, 3.63) is 88.9 Å². The number of hydrogen-bond acceptors (Lipinski definition) is 5. The van der Waals surface area contributed by atoms with Crippen LogP contribution in [0.3, 0.4) is 0 Å². The van der Waals surface area contributed by atoms with Crippen LogP contribution in [0.15, 0.2) is 72.8 Å². The van der Waals surface area contributed by atoms with Gasteiger partial charge >= 0.3 is 0 Å². The third-order valence-corrected chi connectivity index (χ3v) is 6.38. The first-order chi connectivity index (χ1) is 15.5. The first-order valence-electron chi connectivity index (χ1n) is 10.3. The molecule has 2 heterocycles. The SMILES string of the molecule is COc1cccc([C@H]2[C@H]3C(=O)N(c4ccc(C)c(Cl)c4)C(=O)[C@@H]3ON2c2ccccc2)c1. The van der Waals surface area contributed by atoms with Gasteiger partial charge in [-0.25, -0.2) is 9.96 Å². The molecule has 2 amide bonds. The van der Waals surface area contributed by atoms with E-state index >= 15 is 0 Å². The molecule has 0 aliphatic carbocycles. The van der Waals surface area contributed by atoms with Gasteiger partial charge in [-0.15, -0.1) is 0 Å². The molecule has 32 heavy (non-hydrogen) atoms. The predicted octanol–water partition coefficient (Wildman–Crippen LogP) is 4.71. The molecule has 2 aliphatic heterocycles. The summed E-state index contributed by atoms with van der Waals surface area (Å²) >= 11 is 6.27. The molecule has 5 rings (SSSR count). The number of fused-ring (bicyclic) bond motifs is 1. The number of methoxy groups -OCH3 is 1. The van der Waals surface area contributed by atoms with Crippen molar-refractivity contribution in [3.8, 4) is 5.75 Å². The molecule has 3 aromatic rings. The second kappa shape index (κ2) is 7.97. The monoisotopic (exact) mass is 448 g/mol. The van der Waals surface area contributed by atoms with E-state index in [2.05, 4.69) is 0 Å². The zero-order valence-corrected chi connectivity index (χ0v) is 18.3. The molecule has 0 saturated carbocycles. The van der Waals surface area contributed by atoms with Crippen LogP contribution in [0.4, 0.5) is 11.4 Å². The molecule has 6 nitrogen and oxygen atoms in total. The average molecular weight is 449 g/mol. The summed E-state index contributed by atoms with van der Waals surface area (Å²) in [5.74, 6) is -0.759. The lowest BCUT2D eigenvalue weighted by atomic mass is 9.90. The molecule has 0 N–H and O–H groups in total. The number of nitrogens with zero attached hydrogens (tertiary/aromatic N) is 2. The van der Waals surface area contributed by atoms with E-state index in [1.165, 1.54) is 4.90 Å². The van der Waals surface area contributed by atoms with Crippen molar-refractivity contribution in [1.82, 2.24) is 0 Å². The summed E-state index contributed by atoms with van der Waals surface area (Å²) < 4.78 is 5.39. The highest BCUT2D eigenvalue weighted by Crippen LogP contribution is 2.48. The van der Waals surface area contributed by atoms with Gasteiger partial charge in [-0.1, -0.05) is 48.0 Å². The van der Waals surface area contributed by atoms with Crippen LogP contribution in [0, 0.1) is 12.8 Å². The fraction of sp³-hybridized carbons (Fsp3) is 0.200. The number of amides is 2. The summed E-state index contributed by atoms with van der Waals surface area (Å²) in [4.78, 5) is 34.3. The van der Waals surface area contributed by atoms with Crippen LogP contribution in [0.1, 0.15) is 17.2 Å². The number of carbonyl (C=O) groups is 2. The predicted molar refractivity (Wildman–Crippen MR) is 122 cm³/mol. The summed E-state index contributed by atoms with van der Waals surface area (Å²) in [7, 11) is 1.59. The minimum absolute atomic E-state index is 0.314. The van der Waals surface area contributed by atoms with E-state index in [1.807, 2.05) is 61.5 Å². The van der Waals surface area contributed by atoms with Gasteiger partial charge in [-0.3, -0.25) is 14.4 Å². The number of hydrogen-bond donors (Lipinski definition) is 0. The number of halogens is 1. The van der Waals surface area contributed by atoms with E-state index in [-0.39, 0.29) is 5.91 Å². The molecule has 0 bridgehead atoms. The lowest BCUT2D eigenvalue weighted by Crippen LogP contribution is -2.37. The van der Waals surface area contributed by atoms with Crippen molar-refractivity contribution in [2.75, 3.05) is 17.1 Å². The van der Waals surface area contributed by atoms with E-state index in [1.54, 1.807) is 30.4 Å². The number of aryl methyl sites for hydroxylation is 1. The highest BCUT2D eigenvalue weighted by Gasteiger charge is 2.60. The summed E-state index contributed by atoms with van der Waals surface area (Å²) in [5.41, 5.74) is 2.91. The van der Waals surface area contributed by atoms with Crippen LogP contribution >= 0.6 is 11.6 Å². The zero-order valence-electron chi connectivity index (χ0n) is 17.6. The molecular weight excluding hydrogens is 428 g/mol. The Morgan fingerprint density at radius 2 is 1.69 bits per heavy atom. The Kier molecular flexibility index (Phi) is 5.12. The van der Waals surface area contributed by atoms with E-state index in [4.69, 9.17) is 21.2 Å². The van der Waals surface area contributed by atoms with Gasteiger partial charge in [0.25, 0.3) is 5.91 Å². The van der Waals surface area contributed by atoms with Crippen molar-refractivity contribution in [2.24, 2.45) is 5.92 Å². The van der Waals surface area contributed by atoms with Crippen LogP contribution < -0.4 is 14.7 Å². The molecule has 3 aromatic carbocycles. The van der Waals surface area contributed by atoms with E-state index < -0.39 is 24.0 Å². The first kappa shape index (κ1) is 20.5. The number of benzene rings is 3. The lowest BCUT2D eigenvalue weighted by molar-refractivity contribution is -0.126. The van der Waals surface area contributed by atoms with Crippen LogP contribution in [0.25, 0.3) is 0 Å². The largest absolute Gasteiger partial charge is 0.497 e. The highest BCUT2D eigenvalue weighted by molar-refractivity contribution is 6.32. The van der Waals surface area contributed by atoms with Gasteiger partial charge in [0, 0.05) is 5.02 Å². The zero-order chi connectivity index (χ0) is 22.4. The van der Waals surface area contributed by atoms with Crippen molar-refractivity contribution in [3.63, 3.8) is 0 Å². The Bertz CT molecular complexity index is 1200. The molecule has 2 fully saturated rings. The Balaban J connectivity index is 1.59. The molecule has 0 radical (unpaired) electrons. The third kappa shape index (κ3) is 3.23. The van der Waals surface area contributed by atoms with Gasteiger partial charge in [0.1, 0.15) is 11.7 Å². The van der Waals surface area contributed by atoms with Gasteiger partial charge in [0.15, 0.2) is 6.10 Å². The van der Waals surface area contributed by atoms with Crippen molar-refractivity contribution in [1.29, 1.82) is 0 Å². The first-order valence-corrected chi connectivity index (χ1v) is 10.7. The summed E-state index contributed by atoms with van der Waals surface area (Å²) in [6.07, 6.45) is -0.931. The normalized spacial score (nSPS) is 22.4. The van der Waals surface area contributed by atoms with Crippen molar-refractivity contribution in [2.45, 2.75) is 19.1 Å². The lowest BCUT2D eigenvalue weighted by Gasteiger charge is -2.29. The molecule has 2 saturated heterocycles. The molecule has 0 spiro atoms. The van der Waals surface area contributed by atoms with Crippen LogP contribution in [0.5, 0.6) is 5.75 Å². The van der Waals surface area contributed by atoms with E-state index in [0.717, 1.165) is 16.8 Å². The molecule has 2 aliphatic rings. The minimum Gasteiger partial charge on any atom is -0.497 e. The molecule has 3 atom stereocenters. The molecular formula is C25H21ClN2O4. The fourth-order valence-corrected chi connectivity index (χ4v) is 4.53. The Morgan fingerprint density at radius 1 is 0.906 bits per heavy atom. The standard InChI is InChI=1S/C25H21ClN2O4/c1-15-11-12-18(14-20(15)26)27-24(29)21-22(16-7-6-10-19(13-16)31-2)28(32-23(21)25(27)30)17-8-4-3-5-9-17/h3-14,21-23H,1-2H3/t21-,22+,23-/m1/s1. The van der Waals surface area contributed by atoms with Crippen LogP contribution in [-0.2, 0) is 14.4 Å². The van der Waals surface area contributed by atoms with Gasteiger partial charge in [-0.05, 0) is 54.4 Å². The van der Waals surface area contributed by atoms with Gasteiger partial charge in [-0.2, -0.15) is 0 Å². The quantitative estimate of drug-likeness (QED) is 0.541. The Labute approximate surface area is 190 Å². The number of imide groups is 1. The van der Waals surface area contributed by atoms with Crippen molar-refractivity contribution >= 4 is 34.8 Å². The average Bonchev–Trinajstić information content (AvgIpc) is 3.32. The van der Waals surface area contributed by atoms with Gasteiger partial charge < -0.3 is 4.74 Å². The van der Waals surface area contributed by atoms with Crippen molar-refractivity contribution < 1.29 is 19.2 Å². The van der Waals surface area contributed by atoms with Gasteiger partial charge in [0.05, 0.1) is 24.5 Å². The fourth-order valence-electron chi connectivity index (χ4n) is 4.35. The van der Waals surface area contributed by atoms with Crippen LogP contribution in [-0.4, -0.2) is 25.0 Å². The number of hydroxylamine groups is 1. The van der Waals surface area contributed by atoms with Crippen LogP contribution in [0.2, 0.25) is 5.02 Å². The number of rotatable bonds is 4. The van der Waals surface area contributed by atoms with E-state index in [9.17, 15) is 9.59 Å². The Morgan fingerprint density at radius 3 is 2.41 bits per heavy atom. The molecule has 7 heteroatoms. The molecule has 0 aromatic heterocycles. The maximum absolute atomic E-state index is 13.6. The summed E-state index contributed by atoms with van der Waals surface area (Å²) in [6.45, 7) is 1.87. The number of carbonyl (C=O) groups excluding carboxylic acids is 2. The second-order valence-electron chi connectivity index (χ2n) is 7.88. The number of ether oxygens (including phenoxy) is 1. The highest BCUT2D eigenvalue weighted by atomic mass is 35.5. The topological polar surface area (TPSA) is 59.1 Å². The van der Waals surface area contributed by atoms with E-state index in [0.29, 0.717) is 16.5 Å². The molecule has 0 unspecified atom stereocenters.